The van der Waals surface area contributed by atoms with Crippen LogP contribution in [0.15, 0.2) is 22.7 Å². The minimum Gasteiger partial charge on any atom is -0.379 e. The van der Waals surface area contributed by atoms with E-state index in [4.69, 9.17) is 4.74 Å². The molecule has 0 radical (unpaired) electrons. The fraction of sp³-hybridized carbons (Fsp3) is 0.533. The van der Waals surface area contributed by atoms with Crippen LogP contribution in [0, 0.1) is 3.57 Å². The average molecular weight is 467 g/mol. The molecule has 0 aromatic heterocycles. The Morgan fingerprint density at radius 1 is 1.43 bits per heavy atom. The Labute approximate surface area is 147 Å². The first-order chi connectivity index (χ1) is 9.90. The zero-order valence-electron chi connectivity index (χ0n) is 12.3. The zero-order valence-corrected chi connectivity index (χ0v) is 16.0. The number of nitrogens with zero attached hydrogens (tertiary/aromatic N) is 1. The first-order valence-electron chi connectivity index (χ1n) is 6.96. The van der Waals surface area contributed by atoms with Gasteiger partial charge in [-0.05, 0) is 54.6 Å². The zero-order chi connectivity index (χ0) is 15.5. The largest absolute Gasteiger partial charge is 0.379 e. The molecule has 1 aromatic rings. The second kappa shape index (κ2) is 7.39. The van der Waals surface area contributed by atoms with Gasteiger partial charge < -0.3 is 10.1 Å². The molecule has 1 saturated heterocycles. The molecule has 2 rings (SSSR count). The molecule has 1 amide bonds. The Bertz CT molecular complexity index is 516. The summed E-state index contributed by atoms with van der Waals surface area (Å²) < 4.78 is 7.26. The molecule has 116 valence electrons. The molecule has 0 aliphatic carbocycles. The summed E-state index contributed by atoms with van der Waals surface area (Å²) in [6.07, 6.45) is 0. The lowest BCUT2D eigenvalue weighted by Gasteiger charge is -2.40. The molecule has 1 aromatic carbocycles. The minimum atomic E-state index is -0.0725. The van der Waals surface area contributed by atoms with Crippen LogP contribution in [0.5, 0.6) is 0 Å². The van der Waals surface area contributed by atoms with E-state index in [1.54, 1.807) is 0 Å². The molecule has 1 N–H and O–H groups in total. The van der Waals surface area contributed by atoms with Crippen molar-refractivity contribution in [2.24, 2.45) is 0 Å². The topological polar surface area (TPSA) is 41.6 Å². The normalized spacial score (nSPS) is 16.8. The van der Waals surface area contributed by atoms with Gasteiger partial charge in [0.1, 0.15) is 0 Å². The maximum atomic E-state index is 12.4. The summed E-state index contributed by atoms with van der Waals surface area (Å²) in [6, 6.07) is 5.74. The number of halogens is 2. The number of carbonyl (C=O) groups excluding carboxylic acids is 1. The van der Waals surface area contributed by atoms with Crippen LogP contribution in [0.2, 0.25) is 0 Å². The predicted octanol–water partition coefficient (Wildman–Crippen LogP) is 2.89. The van der Waals surface area contributed by atoms with Crippen LogP contribution in [-0.4, -0.2) is 49.2 Å². The second-order valence-electron chi connectivity index (χ2n) is 5.72. The van der Waals surface area contributed by atoms with Gasteiger partial charge >= 0.3 is 0 Å². The number of ether oxygens (including phenoxy) is 1. The van der Waals surface area contributed by atoms with Crippen LogP contribution in [-0.2, 0) is 4.74 Å². The summed E-state index contributed by atoms with van der Waals surface area (Å²) in [5.74, 6) is -0.0259. The molecular weight excluding hydrogens is 447 g/mol. The molecule has 0 saturated carbocycles. The first-order valence-corrected chi connectivity index (χ1v) is 8.83. The lowest BCUT2D eigenvalue weighted by atomic mass is 10.0. The quantitative estimate of drug-likeness (QED) is 0.693. The van der Waals surface area contributed by atoms with Crippen molar-refractivity contribution in [1.29, 1.82) is 0 Å². The highest BCUT2D eigenvalue weighted by Crippen LogP contribution is 2.19. The molecule has 1 aliphatic rings. The summed E-state index contributed by atoms with van der Waals surface area (Å²) >= 11 is 5.60. The first kappa shape index (κ1) is 17.2. The SMILES string of the molecule is CC(C)(CNC(=O)c1cc(Br)ccc1I)N1CCOCC1. The molecule has 0 atom stereocenters. The maximum Gasteiger partial charge on any atom is 0.252 e. The molecule has 6 heteroatoms. The van der Waals surface area contributed by atoms with Crippen molar-refractivity contribution in [3.8, 4) is 0 Å². The van der Waals surface area contributed by atoms with Gasteiger partial charge in [-0.3, -0.25) is 9.69 Å². The Hall–Kier alpha value is -0.180. The fourth-order valence-electron chi connectivity index (χ4n) is 2.34. The summed E-state index contributed by atoms with van der Waals surface area (Å²) in [6.45, 7) is 8.29. The molecule has 1 heterocycles. The Morgan fingerprint density at radius 3 is 2.76 bits per heavy atom. The number of amides is 1. The van der Waals surface area contributed by atoms with Gasteiger partial charge in [0, 0.05) is 33.2 Å². The number of benzene rings is 1. The van der Waals surface area contributed by atoms with Gasteiger partial charge in [0.15, 0.2) is 0 Å². The van der Waals surface area contributed by atoms with E-state index in [1.165, 1.54) is 0 Å². The van der Waals surface area contributed by atoms with Gasteiger partial charge in [0.25, 0.3) is 5.91 Å². The van der Waals surface area contributed by atoms with Crippen LogP contribution < -0.4 is 5.32 Å². The van der Waals surface area contributed by atoms with E-state index in [0.29, 0.717) is 12.1 Å². The fourth-order valence-corrected chi connectivity index (χ4v) is 3.29. The third-order valence-corrected chi connectivity index (χ3v) is 5.16. The van der Waals surface area contributed by atoms with Crippen LogP contribution in [0.25, 0.3) is 0 Å². The van der Waals surface area contributed by atoms with Crippen LogP contribution >= 0.6 is 38.5 Å². The van der Waals surface area contributed by atoms with Crippen LogP contribution in [0.1, 0.15) is 24.2 Å². The van der Waals surface area contributed by atoms with Crippen LogP contribution in [0.3, 0.4) is 0 Å². The number of nitrogens with one attached hydrogen (secondary N) is 1. The lowest BCUT2D eigenvalue weighted by Crippen LogP contribution is -2.55. The molecular formula is C15H20BrIN2O2. The van der Waals surface area contributed by atoms with Gasteiger partial charge in [0.2, 0.25) is 0 Å². The third kappa shape index (κ3) is 4.64. The van der Waals surface area contributed by atoms with Gasteiger partial charge in [-0.1, -0.05) is 15.9 Å². The van der Waals surface area contributed by atoms with Crippen molar-refractivity contribution in [2.45, 2.75) is 19.4 Å². The molecule has 0 unspecified atom stereocenters. The second-order valence-corrected chi connectivity index (χ2v) is 7.80. The molecule has 21 heavy (non-hydrogen) atoms. The third-order valence-electron chi connectivity index (χ3n) is 3.72. The smallest absolute Gasteiger partial charge is 0.252 e. The highest BCUT2D eigenvalue weighted by atomic mass is 127. The highest BCUT2D eigenvalue weighted by Gasteiger charge is 2.28. The van der Waals surface area contributed by atoms with E-state index in [-0.39, 0.29) is 11.4 Å². The van der Waals surface area contributed by atoms with Crippen molar-refractivity contribution in [3.63, 3.8) is 0 Å². The average Bonchev–Trinajstić information content (AvgIpc) is 2.48. The summed E-state index contributed by atoms with van der Waals surface area (Å²) in [5, 5.41) is 3.06. The number of carbonyl (C=O) groups is 1. The van der Waals surface area contributed by atoms with Gasteiger partial charge in [-0.15, -0.1) is 0 Å². The Balaban J connectivity index is 1.98. The summed E-state index contributed by atoms with van der Waals surface area (Å²) in [7, 11) is 0. The Morgan fingerprint density at radius 2 is 2.10 bits per heavy atom. The number of hydrogen-bond acceptors (Lipinski definition) is 3. The molecule has 4 nitrogen and oxygen atoms in total. The number of hydrogen-bond donors (Lipinski definition) is 1. The molecule has 1 fully saturated rings. The Kier molecular flexibility index (Phi) is 6.05. The van der Waals surface area contributed by atoms with E-state index in [2.05, 4.69) is 62.6 Å². The van der Waals surface area contributed by atoms with E-state index in [1.807, 2.05) is 18.2 Å². The van der Waals surface area contributed by atoms with E-state index in [9.17, 15) is 4.79 Å². The minimum absolute atomic E-state index is 0.0259. The van der Waals surface area contributed by atoms with E-state index >= 15 is 0 Å². The van der Waals surface area contributed by atoms with Crippen LogP contribution in [0.4, 0.5) is 0 Å². The predicted molar refractivity (Wildman–Crippen MR) is 95.7 cm³/mol. The van der Waals surface area contributed by atoms with Gasteiger partial charge in [-0.2, -0.15) is 0 Å². The molecule has 0 spiro atoms. The van der Waals surface area contributed by atoms with E-state index in [0.717, 1.165) is 34.3 Å². The van der Waals surface area contributed by atoms with Crippen molar-refractivity contribution in [3.05, 3.63) is 31.8 Å². The maximum absolute atomic E-state index is 12.4. The van der Waals surface area contributed by atoms with Gasteiger partial charge in [-0.25, -0.2) is 0 Å². The number of rotatable bonds is 4. The van der Waals surface area contributed by atoms with Crippen molar-refractivity contribution >= 4 is 44.4 Å². The summed E-state index contributed by atoms with van der Waals surface area (Å²) in [5.41, 5.74) is 0.638. The number of morpholine rings is 1. The highest BCUT2D eigenvalue weighted by molar-refractivity contribution is 14.1. The standard InChI is InChI=1S/C15H20BrIN2O2/c1-15(2,19-5-7-21-8-6-19)10-18-14(20)12-9-11(16)3-4-13(12)17/h3-4,9H,5-8,10H2,1-2H3,(H,18,20). The van der Waals surface area contributed by atoms with E-state index < -0.39 is 0 Å². The monoisotopic (exact) mass is 466 g/mol. The van der Waals surface area contributed by atoms with Crippen molar-refractivity contribution in [2.75, 3.05) is 32.8 Å². The van der Waals surface area contributed by atoms with Crippen molar-refractivity contribution in [1.82, 2.24) is 10.2 Å². The molecule has 0 bridgehead atoms. The lowest BCUT2D eigenvalue weighted by molar-refractivity contribution is -0.00923. The summed E-state index contributed by atoms with van der Waals surface area (Å²) in [4.78, 5) is 14.7. The van der Waals surface area contributed by atoms with Gasteiger partial charge in [0.05, 0.1) is 18.8 Å². The molecule has 1 aliphatic heterocycles. The van der Waals surface area contributed by atoms with Crippen molar-refractivity contribution < 1.29 is 9.53 Å².